The average molecular weight is 335 g/mol. The lowest BCUT2D eigenvalue weighted by atomic mass is 9.83. The normalized spacial score (nSPS) is 15.6. The summed E-state index contributed by atoms with van der Waals surface area (Å²) in [5.74, 6) is 0.0271. The number of benzene rings is 2. The van der Waals surface area contributed by atoms with Crippen LogP contribution in [-0.4, -0.2) is 25.9 Å². The van der Waals surface area contributed by atoms with E-state index in [2.05, 4.69) is 10.2 Å². The molecule has 1 heterocycles. The lowest BCUT2D eigenvalue weighted by molar-refractivity contribution is 0.0886. The van der Waals surface area contributed by atoms with Gasteiger partial charge in [0.25, 0.3) is 0 Å². The van der Waals surface area contributed by atoms with E-state index in [9.17, 15) is 9.90 Å². The first-order chi connectivity index (χ1) is 12.1. The Bertz CT molecular complexity index is 906. The van der Waals surface area contributed by atoms with Gasteiger partial charge in [0, 0.05) is 5.92 Å². The van der Waals surface area contributed by atoms with Crippen LogP contribution in [0.3, 0.4) is 0 Å². The van der Waals surface area contributed by atoms with E-state index in [1.807, 2.05) is 37.3 Å². The Balaban J connectivity index is 1.78. The molecule has 128 valence electrons. The highest BCUT2D eigenvalue weighted by atomic mass is 16.3. The predicted octanol–water partition coefficient (Wildman–Crippen LogP) is 4.20. The smallest absolute Gasteiger partial charge is 0.169 e. The Labute approximate surface area is 146 Å². The third kappa shape index (κ3) is 2.90. The molecule has 0 radical (unpaired) electrons. The number of phenolic OH excluding ortho intramolecular Hbond substituents is 1. The molecule has 5 nitrogen and oxygen atoms in total. The van der Waals surface area contributed by atoms with Gasteiger partial charge in [0.15, 0.2) is 11.5 Å². The zero-order chi connectivity index (χ0) is 17.4. The van der Waals surface area contributed by atoms with Gasteiger partial charge in [-0.05, 0) is 49.6 Å². The summed E-state index contributed by atoms with van der Waals surface area (Å²) in [7, 11) is 0. The van der Waals surface area contributed by atoms with Crippen molar-refractivity contribution in [3.8, 4) is 11.4 Å². The van der Waals surface area contributed by atoms with E-state index in [0.717, 1.165) is 42.3 Å². The van der Waals surface area contributed by atoms with Gasteiger partial charge < -0.3 is 5.11 Å². The number of nitrogens with zero attached hydrogens (tertiary/aromatic N) is 3. The second kappa shape index (κ2) is 6.31. The number of carbonyl (C=O) groups is 1. The maximum Gasteiger partial charge on any atom is 0.169 e. The summed E-state index contributed by atoms with van der Waals surface area (Å²) in [4.78, 5) is 14.3. The van der Waals surface area contributed by atoms with Crippen molar-refractivity contribution in [2.45, 2.75) is 39.0 Å². The van der Waals surface area contributed by atoms with Gasteiger partial charge in [-0.1, -0.05) is 31.4 Å². The van der Waals surface area contributed by atoms with Crippen molar-refractivity contribution in [3.63, 3.8) is 0 Å². The quantitative estimate of drug-likeness (QED) is 0.729. The van der Waals surface area contributed by atoms with E-state index >= 15 is 0 Å². The van der Waals surface area contributed by atoms with Crippen molar-refractivity contribution in [2.24, 2.45) is 5.92 Å². The maximum atomic E-state index is 12.9. The second-order valence-electron chi connectivity index (χ2n) is 6.86. The molecule has 0 spiro atoms. The highest BCUT2D eigenvalue weighted by Crippen LogP contribution is 2.33. The molecule has 1 fully saturated rings. The summed E-state index contributed by atoms with van der Waals surface area (Å²) in [6.45, 7) is 1.92. The molecule has 1 aliphatic carbocycles. The maximum absolute atomic E-state index is 12.9. The molecule has 0 saturated heterocycles. The van der Waals surface area contributed by atoms with E-state index in [1.54, 1.807) is 6.07 Å². The Morgan fingerprint density at radius 3 is 2.36 bits per heavy atom. The highest BCUT2D eigenvalue weighted by molar-refractivity contribution is 6.01. The molecule has 1 saturated carbocycles. The second-order valence-corrected chi connectivity index (χ2v) is 6.86. The monoisotopic (exact) mass is 335 g/mol. The predicted molar refractivity (Wildman–Crippen MR) is 96.2 cm³/mol. The van der Waals surface area contributed by atoms with Crippen LogP contribution in [0.5, 0.6) is 5.75 Å². The molecule has 2 aromatic carbocycles. The molecule has 0 atom stereocenters. The Hall–Kier alpha value is -2.69. The fraction of sp³-hybridized carbons (Fsp3) is 0.350. The van der Waals surface area contributed by atoms with Crippen LogP contribution in [0.4, 0.5) is 0 Å². The summed E-state index contributed by atoms with van der Waals surface area (Å²) in [5, 5.41) is 19.6. The van der Waals surface area contributed by atoms with Crippen LogP contribution < -0.4 is 0 Å². The summed E-state index contributed by atoms with van der Waals surface area (Å²) in [6, 6.07) is 11.1. The zero-order valence-corrected chi connectivity index (χ0v) is 14.3. The lowest BCUT2D eigenvalue weighted by Gasteiger charge is -2.21. The van der Waals surface area contributed by atoms with Gasteiger partial charge in [0.05, 0.1) is 5.56 Å². The number of aryl methyl sites for hydroxylation is 1. The summed E-state index contributed by atoms with van der Waals surface area (Å²) in [5.41, 5.74) is 3.26. The highest BCUT2D eigenvalue weighted by Gasteiger charge is 2.26. The van der Waals surface area contributed by atoms with Crippen LogP contribution in [0.25, 0.3) is 16.7 Å². The molecule has 3 aromatic rings. The topological polar surface area (TPSA) is 68.0 Å². The van der Waals surface area contributed by atoms with Gasteiger partial charge in [-0.3, -0.25) is 4.79 Å². The van der Waals surface area contributed by atoms with Crippen LogP contribution in [0.15, 0.2) is 36.4 Å². The van der Waals surface area contributed by atoms with Crippen molar-refractivity contribution in [1.29, 1.82) is 0 Å². The Morgan fingerprint density at radius 2 is 1.72 bits per heavy atom. The SMILES string of the molecule is Cc1cc(C(=O)C2CCCCC2)c(O)c(-n2nc3ccccc3n2)c1. The number of carbonyl (C=O) groups excluding carboxylic acids is 1. The van der Waals surface area contributed by atoms with Crippen molar-refractivity contribution in [2.75, 3.05) is 0 Å². The standard InChI is InChI=1S/C20H21N3O2/c1-13-11-15(19(24)14-7-3-2-4-8-14)20(25)18(12-13)23-21-16-9-5-6-10-17(16)22-23/h5-6,9-12,14,25H,2-4,7-8H2,1H3. The average Bonchev–Trinajstić information content (AvgIpc) is 3.07. The molecule has 25 heavy (non-hydrogen) atoms. The zero-order valence-electron chi connectivity index (χ0n) is 14.3. The molecule has 1 aliphatic rings. The first-order valence-electron chi connectivity index (χ1n) is 8.84. The minimum absolute atomic E-state index is 0.0129. The van der Waals surface area contributed by atoms with E-state index in [0.29, 0.717) is 11.3 Å². The lowest BCUT2D eigenvalue weighted by Crippen LogP contribution is -2.18. The van der Waals surface area contributed by atoms with E-state index in [-0.39, 0.29) is 17.5 Å². The molecule has 5 heteroatoms. The number of hydrogen-bond acceptors (Lipinski definition) is 4. The van der Waals surface area contributed by atoms with E-state index < -0.39 is 0 Å². The van der Waals surface area contributed by atoms with E-state index in [1.165, 1.54) is 11.2 Å². The third-order valence-electron chi connectivity index (χ3n) is 4.98. The number of rotatable bonds is 3. The Morgan fingerprint density at radius 1 is 1.08 bits per heavy atom. The largest absolute Gasteiger partial charge is 0.505 e. The van der Waals surface area contributed by atoms with Gasteiger partial charge in [-0.2, -0.15) is 0 Å². The van der Waals surface area contributed by atoms with Crippen molar-refractivity contribution in [3.05, 3.63) is 47.5 Å². The molecule has 0 unspecified atom stereocenters. The van der Waals surface area contributed by atoms with Crippen LogP contribution in [0.2, 0.25) is 0 Å². The molecular weight excluding hydrogens is 314 g/mol. The van der Waals surface area contributed by atoms with Crippen molar-refractivity contribution >= 4 is 16.8 Å². The molecule has 4 rings (SSSR count). The van der Waals surface area contributed by atoms with Crippen LogP contribution in [0.1, 0.15) is 48.0 Å². The molecule has 0 aliphatic heterocycles. The number of hydrogen-bond donors (Lipinski definition) is 1. The van der Waals surface area contributed by atoms with Crippen LogP contribution in [0, 0.1) is 12.8 Å². The first kappa shape index (κ1) is 15.8. The fourth-order valence-electron chi connectivity index (χ4n) is 3.65. The van der Waals surface area contributed by atoms with Crippen molar-refractivity contribution < 1.29 is 9.90 Å². The number of fused-ring (bicyclic) bond motifs is 1. The first-order valence-corrected chi connectivity index (χ1v) is 8.84. The van der Waals surface area contributed by atoms with Crippen molar-refractivity contribution in [1.82, 2.24) is 15.0 Å². The van der Waals surface area contributed by atoms with E-state index in [4.69, 9.17) is 0 Å². The molecule has 0 bridgehead atoms. The molecular formula is C20H21N3O2. The fourth-order valence-corrected chi connectivity index (χ4v) is 3.65. The summed E-state index contributed by atoms with van der Waals surface area (Å²) in [6.07, 6.45) is 5.18. The minimum atomic E-state index is -0.0264. The molecule has 1 N–H and O–H groups in total. The van der Waals surface area contributed by atoms with Gasteiger partial charge in [-0.15, -0.1) is 15.0 Å². The number of phenols is 1. The number of Topliss-reactive ketones (excluding diaryl/α,β-unsaturated/α-hetero) is 1. The molecule has 0 amide bonds. The summed E-state index contributed by atoms with van der Waals surface area (Å²) < 4.78 is 0. The number of ketones is 1. The van der Waals surface area contributed by atoms with Crippen LogP contribution >= 0.6 is 0 Å². The number of aromatic nitrogens is 3. The third-order valence-corrected chi connectivity index (χ3v) is 4.98. The number of aromatic hydroxyl groups is 1. The molecule has 1 aromatic heterocycles. The summed E-state index contributed by atoms with van der Waals surface area (Å²) >= 11 is 0. The van der Waals surface area contributed by atoms with Gasteiger partial charge in [0.1, 0.15) is 16.7 Å². The Kier molecular flexibility index (Phi) is 3.99. The van der Waals surface area contributed by atoms with Gasteiger partial charge in [0.2, 0.25) is 0 Å². The van der Waals surface area contributed by atoms with Gasteiger partial charge in [-0.25, -0.2) is 0 Å². The van der Waals surface area contributed by atoms with Gasteiger partial charge >= 0.3 is 0 Å². The van der Waals surface area contributed by atoms with Crippen LogP contribution in [-0.2, 0) is 0 Å². The minimum Gasteiger partial charge on any atom is -0.505 e.